The molecule has 1 aliphatic rings. The number of carbonyl (C=O) groups is 2. The molecule has 7 heteroatoms. The highest BCUT2D eigenvalue weighted by Gasteiger charge is 2.44. The highest BCUT2D eigenvalue weighted by Crippen LogP contribution is 2.26. The molecule has 6 nitrogen and oxygen atoms in total. The number of rotatable bonds is 3. The number of nitrogens with one attached hydrogen (secondary N) is 2. The topological polar surface area (TPSA) is 82.3 Å². The first-order chi connectivity index (χ1) is 9.74. The van der Waals surface area contributed by atoms with E-state index in [0.717, 1.165) is 11.3 Å². The van der Waals surface area contributed by atoms with Crippen LogP contribution in [0, 0.1) is 5.41 Å². The van der Waals surface area contributed by atoms with Crippen LogP contribution < -0.4 is 10.2 Å². The van der Waals surface area contributed by atoms with Crippen molar-refractivity contribution in [3.8, 4) is 0 Å². The lowest BCUT2D eigenvalue weighted by molar-refractivity contribution is -0.153. The fraction of sp³-hybridized carbons (Fsp3) is 0.643. The van der Waals surface area contributed by atoms with Gasteiger partial charge in [-0.15, -0.1) is 0 Å². The fourth-order valence-corrected chi connectivity index (χ4v) is 3.09. The fourth-order valence-electron chi connectivity index (χ4n) is 2.52. The summed E-state index contributed by atoms with van der Waals surface area (Å²) >= 11 is 1.06. The second-order valence-corrected chi connectivity index (χ2v) is 7.21. The van der Waals surface area contributed by atoms with Crippen molar-refractivity contribution < 1.29 is 9.59 Å². The molecule has 0 aromatic carbocycles. The molecule has 1 aliphatic heterocycles. The number of nitrogens with zero attached hydrogens (tertiary/aromatic N) is 1. The van der Waals surface area contributed by atoms with Crippen LogP contribution in [0.15, 0.2) is 10.2 Å². The van der Waals surface area contributed by atoms with Gasteiger partial charge in [0.1, 0.15) is 12.1 Å². The highest BCUT2D eigenvalue weighted by atomic mass is 32.1. The maximum atomic E-state index is 12.7. The first-order valence-electron chi connectivity index (χ1n) is 7.01. The minimum Gasteiger partial charge on any atom is -0.342 e. The number of thiazole rings is 1. The van der Waals surface area contributed by atoms with Gasteiger partial charge in [-0.1, -0.05) is 39.0 Å². The largest absolute Gasteiger partial charge is 0.342 e. The number of amides is 2. The van der Waals surface area contributed by atoms with Gasteiger partial charge in [0.25, 0.3) is 0 Å². The van der Waals surface area contributed by atoms with Crippen molar-refractivity contribution in [1.82, 2.24) is 15.2 Å². The molecule has 116 valence electrons. The van der Waals surface area contributed by atoms with Crippen LogP contribution in [0.1, 0.15) is 39.8 Å². The molecule has 2 N–H and O–H groups in total. The highest BCUT2D eigenvalue weighted by molar-refractivity contribution is 7.07. The van der Waals surface area contributed by atoms with Crippen molar-refractivity contribution in [3.63, 3.8) is 0 Å². The standard InChI is InChI=1S/C14H21N3O3S/c1-5-9-11(18)16-10(14(2,3)4)12(19)17(9)6-8-7-21-13(20)15-8/h7,9-10H,5-6H2,1-4H3,(H,15,20)(H,16,18). The van der Waals surface area contributed by atoms with Gasteiger partial charge in [0.15, 0.2) is 0 Å². The molecule has 2 rings (SSSR count). The zero-order valence-electron chi connectivity index (χ0n) is 12.7. The van der Waals surface area contributed by atoms with Crippen molar-refractivity contribution in [2.24, 2.45) is 5.41 Å². The maximum absolute atomic E-state index is 12.7. The van der Waals surface area contributed by atoms with E-state index in [1.165, 1.54) is 0 Å². The molecule has 1 saturated heterocycles. The van der Waals surface area contributed by atoms with Gasteiger partial charge in [-0.25, -0.2) is 0 Å². The molecular weight excluding hydrogens is 290 g/mol. The average Bonchev–Trinajstić information content (AvgIpc) is 2.78. The van der Waals surface area contributed by atoms with Crippen LogP contribution in [0.2, 0.25) is 0 Å². The third kappa shape index (κ3) is 3.18. The van der Waals surface area contributed by atoms with E-state index in [1.807, 2.05) is 27.7 Å². The van der Waals surface area contributed by atoms with Crippen LogP contribution in [-0.2, 0) is 16.1 Å². The van der Waals surface area contributed by atoms with Crippen molar-refractivity contribution in [3.05, 3.63) is 20.7 Å². The predicted octanol–water partition coefficient (Wildman–Crippen LogP) is 1.09. The van der Waals surface area contributed by atoms with E-state index < -0.39 is 12.1 Å². The minimum absolute atomic E-state index is 0.0963. The number of carbonyl (C=O) groups excluding carboxylic acids is 2. The van der Waals surface area contributed by atoms with Crippen molar-refractivity contribution >= 4 is 23.2 Å². The molecule has 2 heterocycles. The Labute approximate surface area is 127 Å². The normalized spacial score (nSPS) is 23.3. The van der Waals surface area contributed by atoms with E-state index in [1.54, 1.807) is 10.3 Å². The van der Waals surface area contributed by atoms with Crippen molar-refractivity contribution in [2.45, 2.75) is 52.7 Å². The molecule has 0 aliphatic carbocycles. The molecule has 21 heavy (non-hydrogen) atoms. The van der Waals surface area contributed by atoms with E-state index in [0.29, 0.717) is 12.1 Å². The SMILES string of the molecule is CCC1C(=O)NC(C(C)(C)C)C(=O)N1Cc1csc(=O)[nH]1. The van der Waals surface area contributed by atoms with Crippen LogP contribution in [0.5, 0.6) is 0 Å². The van der Waals surface area contributed by atoms with Gasteiger partial charge in [-0.2, -0.15) is 0 Å². The zero-order chi connectivity index (χ0) is 15.8. The average molecular weight is 311 g/mol. The van der Waals surface area contributed by atoms with Gasteiger partial charge in [0.2, 0.25) is 11.8 Å². The first kappa shape index (κ1) is 15.8. The van der Waals surface area contributed by atoms with Gasteiger partial charge in [-0.3, -0.25) is 14.4 Å². The number of hydrogen-bond donors (Lipinski definition) is 2. The summed E-state index contributed by atoms with van der Waals surface area (Å²) < 4.78 is 0. The quantitative estimate of drug-likeness (QED) is 0.876. The molecule has 0 spiro atoms. The number of hydrogen-bond acceptors (Lipinski definition) is 4. The van der Waals surface area contributed by atoms with E-state index in [2.05, 4.69) is 10.3 Å². The van der Waals surface area contributed by atoms with Gasteiger partial charge in [-0.05, 0) is 11.8 Å². The molecule has 2 atom stereocenters. The Balaban J connectivity index is 2.30. The maximum Gasteiger partial charge on any atom is 0.304 e. The molecule has 1 aromatic heterocycles. The van der Waals surface area contributed by atoms with Crippen LogP contribution in [-0.4, -0.2) is 33.8 Å². The Morgan fingerprint density at radius 2 is 1.95 bits per heavy atom. The monoisotopic (exact) mass is 311 g/mol. The van der Waals surface area contributed by atoms with E-state index in [-0.39, 0.29) is 28.6 Å². The van der Waals surface area contributed by atoms with Crippen LogP contribution in [0.25, 0.3) is 0 Å². The third-order valence-corrected chi connectivity index (χ3v) is 4.38. The van der Waals surface area contributed by atoms with Crippen molar-refractivity contribution in [1.29, 1.82) is 0 Å². The molecule has 0 radical (unpaired) electrons. The van der Waals surface area contributed by atoms with E-state index in [4.69, 9.17) is 0 Å². The Kier molecular flexibility index (Phi) is 4.22. The molecule has 1 aromatic rings. The molecule has 0 saturated carbocycles. The lowest BCUT2D eigenvalue weighted by Gasteiger charge is -2.43. The van der Waals surface area contributed by atoms with Gasteiger partial charge in [0, 0.05) is 11.1 Å². The molecule has 2 amide bonds. The summed E-state index contributed by atoms with van der Waals surface area (Å²) in [4.78, 5) is 40.3. The van der Waals surface area contributed by atoms with Gasteiger partial charge in [0.05, 0.1) is 6.54 Å². The Morgan fingerprint density at radius 1 is 1.29 bits per heavy atom. The van der Waals surface area contributed by atoms with Crippen molar-refractivity contribution in [2.75, 3.05) is 0 Å². The summed E-state index contributed by atoms with van der Waals surface area (Å²) in [6, 6.07) is -1.03. The first-order valence-corrected chi connectivity index (χ1v) is 7.89. The smallest absolute Gasteiger partial charge is 0.304 e. The summed E-state index contributed by atoms with van der Waals surface area (Å²) in [6.07, 6.45) is 0.544. The van der Waals surface area contributed by atoms with Crippen LogP contribution in [0.4, 0.5) is 0 Å². The second-order valence-electron chi connectivity index (χ2n) is 6.37. The van der Waals surface area contributed by atoms with Crippen LogP contribution in [0.3, 0.4) is 0 Å². The summed E-state index contributed by atoms with van der Waals surface area (Å²) in [6.45, 7) is 7.90. The molecule has 1 fully saturated rings. The van der Waals surface area contributed by atoms with E-state index >= 15 is 0 Å². The lowest BCUT2D eigenvalue weighted by Crippen LogP contribution is -2.66. The van der Waals surface area contributed by atoms with Gasteiger partial charge >= 0.3 is 4.87 Å². The summed E-state index contributed by atoms with van der Waals surface area (Å²) in [5, 5.41) is 4.52. The molecular formula is C14H21N3O3S. The summed E-state index contributed by atoms with van der Waals surface area (Å²) in [7, 11) is 0. The lowest BCUT2D eigenvalue weighted by atomic mass is 9.83. The van der Waals surface area contributed by atoms with Gasteiger partial charge < -0.3 is 15.2 Å². The Hall–Kier alpha value is -1.63. The predicted molar refractivity (Wildman–Crippen MR) is 81.0 cm³/mol. The number of piperazine rings is 1. The Bertz CT molecular complexity index is 599. The second kappa shape index (κ2) is 5.63. The molecule has 0 bridgehead atoms. The minimum atomic E-state index is -0.543. The van der Waals surface area contributed by atoms with E-state index in [9.17, 15) is 14.4 Å². The van der Waals surface area contributed by atoms with Crippen LogP contribution >= 0.6 is 11.3 Å². The zero-order valence-corrected chi connectivity index (χ0v) is 13.5. The number of aromatic nitrogens is 1. The summed E-state index contributed by atoms with van der Waals surface area (Å²) in [5.74, 6) is -0.226. The third-order valence-electron chi connectivity index (χ3n) is 3.66. The molecule has 2 unspecified atom stereocenters. The Morgan fingerprint density at radius 3 is 2.43 bits per heavy atom. The summed E-state index contributed by atoms with van der Waals surface area (Å²) in [5.41, 5.74) is 0.310. The number of H-pyrrole nitrogens is 1. The number of aromatic amines is 1.